The van der Waals surface area contributed by atoms with Gasteiger partial charge < -0.3 is 5.32 Å². The minimum absolute atomic E-state index is 0.0677. The van der Waals surface area contributed by atoms with Crippen molar-refractivity contribution in [2.75, 3.05) is 0 Å². The molecule has 2 fully saturated rings. The number of rotatable bonds is 4. The van der Waals surface area contributed by atoms with Crippen LogP contribution in [0.15, 0.2) is 18.2 Å². The Kier molecular flexibility index (Phi) is 4.08. The Morgan fingerprint density at radius 2 is 2.18 bits per heavy atom. The number of nitrogens with one attached hydrogen (secondary N) is 1. The fourth-order valence-electron chi connectivity index (χ4n) is 4.10. The predicted molar refractivity (Wildman–Crippen MR) is 84.0 cm³/mol. The van der Waals surface area contributed by atoms with Crippen LogP contribution in [0.2, 0.25) is 5.02 Å². The first-order valence-corrected chi connectivity index (χ1v) is 8.08. The van der Waals surface area contributed by atoms with Crippen LogP contribution in [0.5, 0.6) is 0 Å². The average molecular weight is 323 g/mol. The van der Waals surface area contributed by atoms with Gasteiger partial charge in [0.05, 0.1) is 15.5 Å². The van der Waals surface area contributed by atoms with Gasteiger partial charge in [-0.15, -0.1) is 0 Å². The molecule has 6 heteroatoms. The Balaban J connectivity index is 1.71. The smallest absolute Gasteiger partial charge is 0.270 e. The Hall–Kier alpha value is -1.62. The average Bonchev–Trinajstić information content (AvgIpc) is 3.09. The number of fused-ring (bicyclic) bond motifs is 2. The van der Waals surface area contributed by atoms with Crippen molar-refractivity contribution in [1.29, 1.82) is 0 Å². The first kappa shape index (κ1) is 15.3. The molecule has 0 spiro atoms. The maximum atomic E-state index is 12.4. The zero-order valence-corrected chi connectivity index (χ0v) is 13.2. The zero-order valence-electron chi connectivity index (χ0n) is 12.4. The molecule has 2 aliphatic carbocycles. The molecule has 0 aliphatic heterocycles. The number of nitrogens with zero attached hydrogens (tertiary/aromatic N) is 1. The van der Waals surface area contributed by atoms with Gasteiger partial charge in [-0.05, 0) is 50.0 Å². The second-order valence-electron chi connectivity index (χ2n) is 6.52. The van der Waals surface area contributed by atoms with E-state index in [1.165, 1.54) is 43.9 Å². The van der Waals surface area contributed by atoms with Crippen LogP contribution in [0.25, 0.3) is 0 Å². The summed E-state index contributed by atoms with van der Waals surface area (Å²) in [6.07, 6.45) is 5.03. The number of hydrogen-bond donors (Lipinski definition) is 1. The number of nitro benzene ring substituents is 1. The van der Waals surface area contributed by atoms with Gasteiger partial charge in [0, 0.05) is 18.2 Å². The molecule has 4 atom stereocenters. The van der Waals surface area contributed by atoms with E-state index in [2.05, 4.69) is 5.32 Å². The van der Waals surface area contributed by atoms with Gasteiger partial charge in [-0.25, -0.2) is 0 Å². The highest BCUT2D eigenvalue weighted by molar-refractivity contribution is 6.33. The minimum Gasteiger partial charge on any atom is -0.349 e. The van der Waals surface area contributed by atoms with E-state index in [1.807, 2.05) is 6.92 Å². The monoisotopic (exact) mass is 322 g/mol. The number of carbonyl (C=O) groups is 1. The van der Waals surface area contributed by atoms with Crippen molar-refractivity contribution in [3.63, 3.8) is 0 Å². The third kappa shape index (κ3) is 2.82. The lowest BCUT2D eigenvalue weighted by atomic mass is 9.84. The molecule has 5 nitrogen and oxygen atoms in total. The molecule has 1 aromatic carbocycles. The van der Waals surface area contributed by atoms with Gasteiger partial charge in [-0.1, -0.05) is 18.0 Å². The molecule has 0 saturated heterocycles. The van der Waals surface area contributed by atoms with Crippen molar-refractivity contribution in [1.82, 2.24) is 5.32 Å². The van der Waals surface area contributed by atoms with Crippen molar-refractivity contribution >= 4 is 23.2 Å². The summed E-state index contributed by atoms with van der Waals surface area (Å²) in [5.74, 6) is 1.71. The lowest BCUT2D eigenvalue weighted by Gasteiger charge is -2.28. The Labute approximate surface area is 134 Å². The molecule has 0 radical (unpaired) electrons. The van der Waals surface area contributed by atoms with E-state index in [9.17, 15) is 14.9 Å². The van der Waals surface area contributed by atoms with Gasteiger partial charge in [-0.3, -0.25) is 14.9 Å². The predicted octanol–water partition coefficient (Wildman–Crippen LogP) is 3.80. The third-order valence-electron chi connectivity index (χ3n) is 5.20. The maximum absolute atomic E-state index is 12.4. The quantitative estimate of drug-likeness (QED) is 0.677. The summed E-state index contributed by atoms with van der Waals surface area (Å²) in [6.45, 7) is 2.02. The Morgan fingerprint density at radius 1 is 1.41 bits per heavy atom. The minimum atomic E-state index is -0.521. The van der Waals surface area contributed by atoms with Crippen molar-refractivity contribution in [2.45, 2.75) is 38.6 Å². The summed E-state index contributed by atoms with van der Waals surface area (Å²) in [5, 5.41) is 14.1. The molecular weight excluding hydrogens is 304 g/mol. The summed E-state index contributed by atoms with van der Waals surface area (Å²) in [5.41, 5.74) is 0.0491. The number of hydrogen-bond acceptors (Lipinski definition) is 3. The number of halogens is 1. The highest BCUT2D eigenvalue weighted by atomic mass is 35.5. The summed E-state index contributed by atoms with van der Waals surface area (Å²) in [4.78, 5) is 22.7. The van der Waals surface area contributed by atoms with E-state index in [-0.39, 0.29) is 28.2 Å². The van der Waals surface area contributed by atoms with Crippen LogP contribution < -0.4 is 5.32 Å². The van der Waals surface area contributed by atoms with Crippen molar-refractivity contribution in [2.24, 2.45) is 17.8 Å². The first-order chi connectivity index (χ1) is 10.5. The van der Waals surface area contributed by atoms with Crippen molar-refractivity contribution in [3.8, 4) is 0 Å². The van der Waals surface area contributed by atoms with Crippen LogP contribution in [-0.4, -0.2) is 16.9 Å². The Morgan fingerprint density at radius 3 is 2.77 bits per heavy atom. The summed E-state index contributed by atoms with van der Waals surface area (Å²) in [7, 11) is 0. The van der Waals surface area contributed by atoms with Crippen LogP contribution in [0.3, 0.4) is 0 Å². The molecule has 1 N–H and O–H groups in total. The van der Waals surface area contributed by atoms with Crippen LogP contribution >= 0.6 is 11.6 Å². The summed E-state index contributed by atoms with van der Waals surface area (Å²) in [6, 6.07) is 4.01. The molecule has 2 aliphatic rings. The first-order valence-electron chi connectivity index (χ1n) is 7.70. The molecule has 0 heterocycles. The number of benzene rings is 1. The highest BCUT2D eigenvalue weighted by Crippen LogP contribution is 2.49. The van der Waals surface area contributed by atoms with E-state index in [1.54, 1.807) is 0 Å². The second-order valence-corrected chi connectivity index (χ2v) is 6.93. The van der Waals surface area contributed by atoms with E-state index in [0.29, 0.717) is 11.8 Å². The van der Waals surface area contributed by atoms with Gasteiger partial charge in [0.2, 0.25) is 0 Å². The molecule has 118 valence electrons. The molecule has 2 saturated carbocycles. The largest absolute Gasteiger partial charge is 0.349 e. The number of non-ortho nitro benzene ring substituents is 1. The molecule has 1 amide bonds. The van der Waals surface area contributed by atoms with Crippen LogP contribution in [-0.2, 0) is 0 Å². The Bertz CT molecular complexity index is 619. The lowest BCUT2D eigenvalue weighted by Crippen LogP contribution is -2.40. The summed E-state index contributed by atoms with van der Waals surface area (Å²) < 4.78 is 0. The molecule has 0 unspecified atom stereocenters. The fraction of sp³-hybridized carbons (Fsp3) is 0.562. The van der Waals surface area contributed by atoms with E-state index < -0.39 is 4.92 Å². The SMILES string of the molecule is C[C@@H](NC(=O)c1cc([N+](=O)[O-])ccc1Cl)[C@H]1C[C@@H]2CC[C@@H]1C2. The molecule has 22 heavy (non-hydrogen) atoms. The van der Waals surface area contributed by atoms with Gasteiger partial charge in [0.25, 0.3) is 11.6 Å². The van der Waals surface area contributed by atoms with Crippen molar-refractivity contribution in [3.05, 3.63) is 38.9 Å². The summed E-state index contributed by atoms with van der Waals surface area (Å²) >= 11 is 6.02. The highest BCUT2D eigenvalue weighted by Gasteiger charge is 2.42. The van der Waals surface area contributed by atoms with Crippen molar-refractivity contribution < 1.29 is 9.72 Å². The van der Waals surface area contributed by atoms with Gasteiger partial charge in [0.1, 0.15) is 0 Å². The lowest BCUT2D eigenvalue weighted by molar-refractivity contribution is -0.384. The number of carbonyl (C=O) groups excluding carboxylic acids is 1. The third-order valence-corrected chi connectivity index (χ3v) is 5.53. The second kappa shape index (κ2) is 5.88. The molecule has 0 aromatic heterocycles. The number of amides is 1. The van der Waals surface area contributed by atoms with Crippen LogP contribution in [0.4, 0.5) is 5.69 Å². The topological polar surface area (TPSA) is 72.2 Å². The molecule has 2 bridgehead atoms. The maximum Gasteiger partial charge on any atom is 0.270 e. The van der Waals surface area contributed by atoms with Gasteiger partial charge in [-0.2, -0.15) is 0 Å². The van der Waals surface area contributed by atoms with Gasteiger partial charge in [0.15, 0.2) is 0 Å². The number of nitro groups is 1. The van der Waals surface area contributed by atoms with E-state index in [0.717, 1.165) is 5.92 Å². The standard InChI is InChI=1S/C16H19ClN2O3/c1-9(13-7-10-2-3-11(13)6-10)18-16(20)14-8-12(19(21)22)4-5-15(14)17/h4-5,8-11,13H,2-3,6-7H2,1H3,(H,18,20)/t9-,10-,11-,13-/m1/s1. The molecule has 3 rings (SSSR count). The fourth-order valence-corrected chi connectivity index (χ4v) is 4.30. The zero-order chi connectivity index (χ0) is 15.9. The van der Waals surface area contributed by atoms with Crippen LogP contribution in [0.1, 0.15) is 43.0 Å². The molecular formula is C16H19ClN2O3. The normalized spacial score (nSPS) is 27.6. The van der Waals surface area contributed by atoms with Gasteiger partial charge >= 0.3 is 0 Å². The molecule has 1 aromatic rings. The van der Waals surface area contributed by atoms with E-state index >= 15 is 0 Å². The van der Waals surface area contributed by atoms with Crippen LogP contribution in [0, 0.1) is 27.9 Å². The van der Waals surface area contributed by atoms with E-state index in [4.69, 9.17) is 11.6 Å².